The van der Waals surface area contributed by atoms with Crippen LogP contribution in [0.25, 0.3) is 0 Å². The second-order valence-corrected chi connectivity index (χ2v) is 7.79. The van der Waals surface area contributed by atoms with Gasteiger partial charge in [0.1, 0.15) is 11.6 Å². The lowest BCUT2D eigenvalue weighted by molar-refractivity contribution is 0.100. The van der Waals surface area contributed by atoms with Crippen LogP contribution in [0.4, 0.5) is 10.1 Å². The Balaban J connectivity index is 1.29. The van der Waals surface area contributed by atoms with Crippen molar-refractivity contribution < 1.29 is 9.18 Å². The molecule has 0 aliphatic carbocycles. The van der Waals surface area contributed by atoms with Gasteiger partial charge in [0.25, 0.3) is 5.91 Å². The van der Waals surface area contributed by atoms with Crippen molar-refractivity contribution in [2.45, 2.75) is 19.5 Å². The van der Waals surface area contributed by atoms with Gasteiger partial charge < -0.3 is 9.88 Å². The number of carbonyl (C=O) groups excluding carboxylic acids is 1. The molecule has 0 bridgehead atoms. The first kappa shape index (κ1) is 17.9. The molecule has 2 atom stereocenters. The Bertz CT molecular complexity index is 1040. The van der Waals surface area contributed by atoms with Crippen LogP contribution in [0.3, 0.4) is 0 Å². The summed E-state index contributed by atoms with van der Waals surface area (Å²) in [5, 5.41) is 11.1. The van der Waals surface area contributed by atoms with Crippen LogP contribution >= 0.6 is 0 Å². The number of benzene rings is 1. The second kappa shape index (κ2) is 7.36. The Kier molecular flexibility index (Phi) is 4.55. The van der Waals surface area contributed by atoms with Crippen molar-refractivity contribution in [1.29, 1.82) is 0 Å². The average Bonchev–Trinajstić information content (AvgIpc) is 3.29. The normalized spacial score (nSPS) is 20.9. The lowest BCUT2D eigenvalue weighted by Gasteiger charge is -2.25. The third-order valence-electron chi connectivity index (χ3n) is 5.76. The van der Waals surface area contributed by atoms with Crippen LogP contribution in [0.2, 0.25) is 0 Å². The van der Waals surface area contributed by atoms with Crippen molar-refractivity contribution >= 4 is 11.6 Å². The van der Waals surface area contributed by atoms with Gasteiger partial charge in [-0.2, -0.15) is 0 Å². The first-order valence-electron chi connectivity index (χ1n) is 9.76. The van der Waals surface area contributed by atoms with Crippen molar-refractivity contribution in [2.75, 3.05) is 18.4 Å². The fourth-order valence-electron chi connectivity index (χ4n) is 4.42. The van der Waals surface area contributed by atoms with E-state index in [1.807, 2.05) is 16.8 Å². The number of pyridine rings is 1. The number of amides is 1. The standard InChI is InChI=1S/C21H21FN6O/c22-17-4-1-5-18(8-17)24-21(29)20-26-25-19-7-15-11-27(12-16(15)13-28(19)20)10-14-3-2-6-23-9-14/h1-6,8-9,15-16H,7,10-13H2,(H,24,29)/t15-,16+/m0/s1. The molecule has 148 valence electrons. The van der Waals surface area contributed by atoms with Crippen molar-refractivity contribution in [2.24, 2.45) is 11.8 Å². The molecule has 1 saturated heterocycles. The maximum atomic E-state index is 13.4. The largest absolute Gasteiger partial charge is 0.319 e. The Morgan fingerprint density at radius 1 is 1.14 bits per heavy atom. The second-order valence-electron chi connectivity index (χ2n) is 7.79. The van der Waals surface area contributed by atoms with E-state index in [4.69, 9.17) is 0 Å². The molecule has 4 heterocycles. The molecule has 2 aliphatic rings. The zero-order valence-corrected chi connectivity index (χ0v) is 15.8. The summed E-state index contributed by atoms with van der Waals surface area (Å²) in [5.74, 6) is 1.34. The SMILES string of the molecule is O=C(Nc1cccc(F)c1)c1nnc2n1C[C@H]1CN(Cc3cccnc3)C[C@@H]1C2. The fourth-order valence-corrected chi connectivity index (χ4v) is 4.42. The van der Waals surface area contributed by atoms with E-state index in [9.17, 15) is 9.18 Å². The van der Waals surface area contributed by atoms with Crippen LogP contribution in [0.15, 0.2) is 48.8 Å². The van der Waals surface area contributed by atoms with Crippen LogP contribution in [0.5, 0.6) is 0 Å². The highest BCUT2D eigenvalue weighted by atomic mass is 19.1. The lowest BCUT2D eigenvalue weighted by atomic mass is 9.89. The molecular weight excluding hydrogens is 371 g/mol. The summed E-state index contributed by atoms with van der Waals surface area (Å²) in [6, 6.07) is 9.89. The van der Waals surface area contributed by atoms with Crippen LogP contribution < -0.4 is 5.32 Å². The number of hydrogen-bond donors (Lipinski definition) is 1. The quantitative estimate of drug-likeness (QED) is 0.738. The molecule has 0 spiro atoms. The molecule has 7 nitrogen and oxygen atoms in total. The number of nitrogens with zero attached hydrogens (tertiary/aromatic N) is 5. The summed E-state index contributed by atoms with van der Waals surface area (Å²) >= 11 is 0. The topological polar surface area (TPSA) is 75.9 Å². The molecule has 0 radical (unpaired) electrons. The van der Waals surface area contributed by atoms with Gasteiger partial charge in [0.2, 0.25) is 5.82 Å². The molecule has 1 amide bonds. The van der Waals surface area contributed by atoms with E-state index in [-0.39, 0.29) is 11.7 Å². The molecule has 29 heavy (non-hydrogen) atoms. The van der Waals surface area contributed by atoms with Crippen molar-refractivity contribution in [3.8, 4) is 0 Å². The van der Waals surface area contributed by atoms with Gasteiger partial charge in [-0.3, -0.25) is 14.7 Å². The van der Waals surface area contributed by atoms with Gasteiger partial charge in [-0.05, 0) is 41.7 Å². The Labute approximate surface area is 167 Å². The minimum atomic E-state index is -0.395. The number of anilines is 1. The van der Waals surface area contributed by atoms with Gasteiger partial charge in [-0.1, -0.05) is 12.1 Å². The first-order chi connectivity index (χ1) is 14.2. The van der Waals surface area contributed by atoms with E-state index in [0.717, 1.165) is 38.4 Å². The van der Waals surface area contributed by atoms with Gasteiger partial charge in [0.05, 0.1) is 0 Å². The Morgan fingerprint density at radius 3 is 2.86 bits per heavy atom. The smallest absolute Gasteiger partial charge is 0.293 e. The molecule has 0 unspecified atom stereocenters. The lowest BCUT2D eigenvalue weighted by Crippen LogP contribution is -2.31. The molecule has 2 aromatic heterocycles. The highest BCUT2D eigenvalue weighted by Gasteiger charge is 2.39. The van der Waals surface area contributed by atoms with E-state index >= 15 is 0 Å². The predicted octanol–water partition coefficient (Wildman–Crippen LogP) is 2.37. The average molecular weight is 392 g/mol. The highest BCUT2D eigenvalue weighted by Crippen LogP contribution is 2.33. The van der Waals surface area contributed by atoms with Gasteiger partial charge in [-0.25, -0.2) is 4.39 Å². The van der Waals surface area contributed by atoms with Gasteiger partial charge in [0, 0.05) is 50.7 Å². The van der Waals surface area contributed by atoms with Crippen LogP contribution in [-0.4, -0.2) is 43.6 Å². The maximum Gasteiger partial charge on any atom is 0.293 e. The van der Waals surface area contributed by atoms with E-state index in [1.54, 1.807) is 18.3 Å². The molecule has 1 N–H and O–H groups in total. The summed E-state index contributed by atoms with van der Waals surface area (Å²) in [6.45, 7) is 3.59. The zero-order valence-electron chi connectivity index (χ0n) is 15.8. The Morgan fingerprint density at radius 2 is 2.03 bits per heavy atom. The van der Waals surface area contributed by atoms with Crippen LogP contribution in [-0.2, 0) is 19.5 Å². The minimum Gasteiger partial charge on any atom is -0.319 e. The summed E-state index contributed by atoms with van der Waals surface area (Å²) in [5.41, 5.74) is 1.62. The van der Waals surface area contributed by atoms with E-state index in [0.29, 0.717) is 17.5 Å². The number of aromatic nitrogens is 4. The van der Waals surface area contributed by atoms with Crippen LogP contribution in [0, 0.1) is 17.7 Å². The number of halogens is 1. The van der Waals surface area contributed by atoms with Crippen molar-refractivity contribution in [3.63, 3.8) is 0 Å². The summed E-state index contributed by atoms with van der Waals surface area (Å²) < 4.78 is 15.3. The monoisotopic (exact) mass is 392 g/mol. The number of hydrogen-bond acceptors (Lipinski definition) is 5. The number of nitrogens with one attached hydrogen (secondary N) is 1. The molecule has 1 aromatic carbocycles. The Hall–Kier alpha value is -3.13. The summed E-state index contributed by atoms with van der Waals surface area (Å²) in [6.07, 6.45) is 4.51. The maximum absolute atomic E-state index is 13.4. The number of carbonyl (C=O) groups is 1. The molecule has 8 heteroatoms. The molecule has 3 aromatic rings. The fraction of sp³-hybridized carbons (Fsp3) is 0.333. The summed E-state index contributed by atoms with van der Waals surface area (Å²) in [7, 11) is 0. The third-order valence-corrected chi connectivity index (χ3v) is 5.76. The predicted molar refractivity (Wildman–Crippen MR) is 105 cm³/mol. The number of fused-ring (bicyclic) bond motifs is 2. The van der Waals surface area contributed by atoms with Crippen LogP contribution in [0.1, 0.15) is 22.0 Å². The van der Waals surface area contributed by atoms with Crippen molar-refractivity contribution in [3.05, 3.63) is 71.8 Å². The zero-order chi connectivity index (χ0) is 19.8. The van der Waals surface area contributed by atoms with Gasteiger partial charge in [-0.15, -0.1) is 10.2 Å². The molecule has 1 fully saturated rings. The third kappa shape index (κ3) is 3.63. The van der Waals surface area contributed by atoms with Gasteiger partial charge >= 0.3 is 0 Å². The first-order valence-corrected chi connectivity index (χ1v) is 9.76. The van der Waals surface area contributed by atoms with E-state index in [1.165, 1.54) is 17.7 Å². The van der Waals surface area contributed by atoms with Gasteiger partial charge in [0.15, 0.2) is 0 Å². The molecule has 2 aliphatic heterocycles. The van der Waals surface area contributed by atoms with E-state index in [2.05, 4.69) is 31.5 Å². The number of rotatable bonds is 4. The molecule has 0 saturated carbocycles. The molecular formula is C21H21FN6O. The van der Waals surface area contributed by atoms with E-state index < -0.39 is 5.82 Å². The number of likely N-dealkylation sites (tertiary alicyclic amines) is 1. The van der Waals surface area contributed by atoms with Crippen molar-refractivity contribution in [1.82, 2.24) is 24.6 Å². The highest BCUT2D eigenvalue weighted by molar-refractivity contribution is 6.01. The molecule has 5 rings (SSSR count). The minimum absolute atomic E-state index is 0.286. The summed E-state index contributed by atoms with van der Waals surface area (Å²) in [4.78, 5) is 19.3.